The van der Waals surface area contributed by atoms with Crippen molar-refractivity contribution in [2.24, 2.45) is 0 Å². The van der Waals surface area contributed by atoms with Gasteiger partial charge in [-0.3, -0.25) is 9.69 Å². The molecule has 6 heteroatoms. The topological polar surface area (TPSA) is 62.7 Å². The Morgan fingerprint density at radius 2 is 1.90 bits per heavy atom. The second kappa shape index (κ2) is 9.28. The van der Waals surface area contributed by atoms with Gasteiger partial charge >= 0.3 is 6.09 Å². The minimum atomic E-state index is -0.564. The number of pyridine rings is 1. The Morgan fingerprint density at radius 3 is 2.50 bits per heavy atom. The molecule has 2 amide bonds. The summed E-state index contributed by atoms with van der Waals surface area (Å²) in [6, 6.07) is 13.2. The minimum Gasteiger partial charge on any atom is -0.443 e. The lowest BCUT2D eigenvalue weighted by atomic mass is 10.1. The van der Waals surface area contributed by atoms with E-state index in [-0.39, 0.29) is 11.9 Å². The van der Waals surface area contributed by atoms with Crippen LogP contribution in [-0.2, 0) is 4.74 Å². The summed E-state index contributed by atoms with van der Waals surface area (Å²) in [7, 11) is 0. The van der Waals surface area contributed by atoms with E-state index < -0.39 is 11.7 Å². The largest absolute Gasteiger partial charge is 0.443 e. The van der Waals surface area contributed by atoms with Gasteiger partial charge in [-0.15, -0.1) is 0 Å². The van der Waals surface area contributed by atoms with Gasteiger partial charge in [0.2, 0.25) is 0 Å². The zero-order chi connectivity index (χ0) is 21.7. The van der Waals surface area contributed by atoms with Gasteiger partial charge in [-0.05, 0) is 63.8 Å². The highest BCUT2D eigenvalue weighted by Crippen LogP contribution is 2.33. The predicted octanol–water partition coefficient (Wildman–Crippen LogP) is 5.21. The Labute approximate surface area is 178 Å². The Kier molecular flexibility index (Phi) is 6.75. The van der Waals surface area contributed by atoms with Crippen LogP contribution in [0.1, 0.15) is 68.9 Å². The maximum absolute atomic E-state index is 12.9. The summed E-state index contributed by atoms with van der Waals surface area (Å²) in [6.45, 7) is 8.83. The van der Waals surface area contributed by atoms with Crippen LogP contribution in [0.25, 0.3) is 0 Å². The molecule has 2 aromatic rings. The lowest BCUT2D eigenvalue weighted by Gasteiger charge is -2.27. The smallest absolute Gasteiger partial charge is 0.416 e. The molecule has 1 aliphatic rings. The van der Waals surface area contributed by atoms with Gasteiger partial charge in [-0.1, -0.05) is 31.2 Å². The number of hydrogen-bond donors (Lipinski definition) is 0. The van der Waals surface area contributed by atoms with Crippen LogP contribution < -0.4 is 4.90 Å². The molecular weight excluding hydrogens is 378 g/mol. The van der Waals surface area contributed by atoms with E-state index in [1.165, 1.54) is 0 Å². The zero-order valence-electron chi connectivity index (χ0n) is 18.3. The van der Waals surface area contributed by atoms with E-state index in [0.717, 1.165) is 31.4 Å². The third-order valence-corrected chi connectivity index (χ3v) is 5.03. The third kappa shape index (κ3) is 5.17. The lowest BCUT2D eigenvalue weighted by Crippen LogP contribution is -2.38. The fourth-order valence-electron chi connectivity index (χ4n) is 3.70. The van der Waals surface area contributed by atoms with E-state index in [1.807, 2.05) is 75.1 Å². The van der Waals surface area contributed by atoms with Crippen LogP contribution in [-0.4, -0.2) is 40.6 Å². The zero-order valence-corrected chi connectivity index (χ0v) is 18.3. The molecule has 1 atom stereocenters. The van der Waals surface area contributed by atoms with Gasteiger partial charge in [0, 0.05) is 24.8 Å². The van der Waals surface area contributed by atoms with Crippen LogP contribution >= 0.6 is 0 Å². The molecule has 0 radical (unpaired) electrons. The highest BCUT2D eigenvalue weighted by atomic mass is 16.6. The maximum atomic E-state index is 12.9. The van der Waals surface area contributed by atoms with E-state index in [2.05, 4.69) is 4.98 Å². The molecule has 30 heavy (non-hydrogen) atoms. The van der Waals surface area contributed by atoms with Crippen LogP contribution in [0.2, 0.25) is 0 Å². The molecule has 0 aliphatic carbocycles. The first kappa shape index (κ1) is 21.8. The summed E-state index contributed by atoms with van der Waals surface area (Å²) >= 11 is 0. The molecule has 6 nitrogen and oxygen atoms in total. The average molecular weight is 410 g/mol. The van der Waals surface area contributed by atoms with Gasteiger partial charge in [0.25, 0.3) is 5.91 Å². The second-order valence-electron chi connectivity index (χ2n) is 8.60. The number of amides is 2. The fraction of sp³-hybridized carbons (Fsp3) is 0.458. The molecule has 0 unspecified atom stereocenters. The van der Waals surface area contributed by atoms with E-state index >= 15 is 0 Å². The average Bonchev–Trinajstić information content (AvgIpc) is 3.21. The fourth-order valence-corrected chi connectivity index (χ4v) is 3.70. The van der Waals surface area contributed by atoms with E-state index in [9.17, 15) is 9.59 Å². The third-order valence-electron chi connectivity index (χ3n) is 5.03. The molecule has 3 rings (SSSR count). The summed E-state index contributed by atoms with van der Waals surface area (Å²) in [5, 5.41) is 0. The number of aromatic nitrogens is 1. The Hall–Kier alpha value is -2.89. The van der Waals surface area contributed by atoms with Crippen LogP contribution in [0.5, 0.6) is 0 Å². The molecule has 0 spiro atoms. The van der Waals surface area contributed by atoms with Crippen molar-refractivity contribution >= 4 is 17.8 Å². The van der Waals surface area contributed by atoms with Gasteiger partial charge in [0.15, 0.2) is 0 Å². The molecule has 1 fully saturated rings. The Balaban J connectivity index is 1.78. The van der Waals surface area contributed by atoms with Crippen molar-refractivity contribution < 1.29 is 14.3 Å². The van der Waals surface area contributed by atoms with Crippen molar-refractivity contribution in [1.29, 1.82) is 0 Å². The quantitative estimate of drug-likeness (QED) is 0.680. The number of carbonyl (C=O) groups is 2. The first-order valence-electron chi connectivity index (χ1n) is 10.6. The van der Waals surface area contributed by atoms with Gasteiger partial charge in [-0.2, -0.15) is 0 Å². The highest BCUT2D eigenvalue weighted by molar-refractivity contribution is 5.94. The standard InChI is InChI=1S/C24H31N3O3/c1-5-15-27(23(29)30-24(2,3)4)21-14-13-19(17-25-21)20-12-9-16-26(20)22(28)18-10-7-6-8-11-18/h6-8,10-11,13-14,17,20H,5,9,12,15-16H2,1-4H3/t20-/m1/s1. The first-order valence-corrected chi connectivity index (χ1v) is 10.6. The normalized spacial score (nSPS) is 16.4. The molecule has 160 valence electrons. The molecule has 0 bridgehead atoms. The molecule has 1 saturated heterocycles. The summed E-state index contributed by atoms with van der Waals surface area (Å²) in [6.07, 6.45) is 4.05. The molecule has 1 aromatic carbocycles. The number of ether oxygens (including phenoxy) is 1. The number of rotatable bonds is 5. The molecule has 1 aromatic heterocycles. The van der Waals surface area contributed by atoms with Crippen LogP contribution in [0.3, 0.4) is 0 Å². The molecule has 1 aliphatic heterocycles. The predicted molar refractivity (Wildman–Crippen MR) is 118 cm³/mol. The SMILES string of the molecule is CCCN(C(=O)OC(C)(C)C)c1ccc([C@H]2CCCN2C(=O)c2ccccc2)cn1. The first-order chi connectivity index (χ1) is 14.3. The summed E-state index contributed by atoms with van der Waals surface area (Å²) in [4.78, 5) is 33.6. The van der Waals surface area contributed by atoms with Crippen molar-refractivity contribution in [3.63, 3.8) is 0 Å². The summed E-state index contributed by atoms with van der Waals surface area (Å²) in [5.74, 6) is 0.609. The summed E-state index contributed by atoms with van der Waals surface area (Å²) in [5.41, 5.74) is 1.12. The van der Waals surface area contributed by atoms with Gasteiger partial charge in [0.05, 0.1) is 6.04 Å². The van der Waals surface area contributed by atoms with Crippen molar-refractivity contribution in [1.82, 2.24) is 9.88 Å². The number of likely N-dealkylation sites (tertiary alicyclic amines) is 1. The minimum absolute atomic E-state index is 0.000378. The molecule has 0 N–H and O–H groups in total. The number of carbonyl (C=O) groups excluding carboxylic acids is 2. The van der Waals surface area contributed by atoms with Crippen LogP contribution in [0.4, 0.5) is 10.6 Å². The van der Waals surface area contributed by atoms with Crippen molar-refractivity contribution in [2.45, 2.75) is 58.6 Å². The number of hydrogen-bond acceptors (Lipinski definition) is 4. The summed E-state index contributed by atoms with van der Waals surface area (Å²) < 4.78 is 5.53. The van der Waals surface area contributed by atoms with Crippen molar-refractivity contribution in [3.05, 3.63) is 59.8 Å². The number of anilines is 1. The van der Waals surface area contributed by atoms with Crippen LogP contribution in [0, 0.1) is 0 Å². The highest BCUT2D eigenvalue weighted by Gasteiger charge is 2.31. The van der Waals surface area contributed by atoms with Gasteiger partial charge in [-0.25, -0.2) is 9.78 Å². The van der Waals surface area contributed by atoms with Crippen molar-refractivity contribution in [2.75, 3.05) is 18.0 Å². The monoisotopic (exact) mass is 409 g/mol. The number of nitrogens with zero attached hydrogens (tertiary/aromatic N) is 3. The number of benzene rings is 1. The van der Waals surface area contributed by atoms with E-state index in [0.29, 0.717) is 17.9 Å². The van der Waals surface area contributed by atoms with E-state index in [4.69, 9.17) is 4.74 Å². The van der Waals surface area contributed by atoms with Crippen LogP contribution in [0.15, 0.2) is 48.7 Å². The van der Waals surface area contributed by atoms with E-state index in [1.54, 1.807) is 11.1 Å². The Bertz CT molecular complexity index is 860. The maximum Gasteiger partial charge on any atom is 0.416 e. The van der Waals surface area contributed by atoms with Crippen molar-refractivity contribution in [3.8, 4) is 0 Å². The lowest BCUT2D eigenvalue weighted by molar-refractivity contribution is 0.0579. The van der Waals surface area contributed by atoms with Gasteiger partial charge in [0.1, 0.15) is 11.4 Å². The molecule has 0 saturated carbocycles. The molecule has 2 heterocycles. The Morgan fingerprint density at radius 1 is 1.17 bits per heavy atom. The van der Waals surface area contributed by atoms with Gasteiger partial charge < -0.3 is 9.64 Å². The second-order valence-corrected chi connectivity index (χ2v) is 8.60. The molecular formula is C24H31N3O3.